The Balaban J connectivity index is 2.65. The van der Waals surface area contributed by atoms with Crippen molar-refractivity contribution in [1.29, 1.82) is 0 Å². The fourth-order valence-corrected chi connectivity index (χ4v) is 1.86. The Hall–Kier alpha value is -0.650. The van der Waals surface area contributed by atoms with E-state index in [1.807, 2.05) is 0 Å². The molecule has 0 aliphatic heterocycles. The third-order valence-corrected chi connectivity index (χ3v) is 5.40. The van der Waals surface area contributed by atoms with Gasteiger partial charge in [0.05, 0.1) is 4.75 Å². The number of nitrogens with one attached hydrogen (secondary N) is 1. The summed E-state index contributed by atoms with van der Waals surface area (Å²) in [6.07, 6.45) is 1.20. The lowest BCUT2D eigenvalue weighted by Crippen LogP contribution is -2.41. The Morgan fingerprint density at radius 1 is 1.39 bits per heavy atom. The number of rotatable bonds is 5. The SMILES string of the molecule is CC(C)(CNCc1cc(F)ccc1Cl)S(C)(=O)=O. The van der Waals surface area contributed by atoms with Crippen LogP contribution in [0, 0.1) is 5.82 Å². The summed E-state index contributed by atoms with van der Waals surface area (Å²) >= 11 is 5.91. The summed E-state index contributed by atoms with van der Waals surface area (Å²) in [5.74, 6) is -0.362. The van der Waals surface area contributed by atoms with Crippen molar-refractivity contribution >= 4 is 21.4 Å². The van der Waals surface area contributed by atoms with Crippen molar-refractivity contribution in [3.63, 3.8) is 0 Å². The van der Waals surface area contributed by atoms with Crippen molar-refractivity contribution < 1.29 is 12.8 Å². The molecule has 0 fully saturated rings. The van der Waals surface area contributed by atoms with Gasteiger partial charge in [-0.25, -0.2) is 12.8 Å². The minimum Gasteiger partial charge on any atom is -0.311 e. The second-order valence-electron chi connectivity index (χ2n) is 4.87. The Kier molecular flexibility index (Phi) is 4.75. The van der Waals surface area contributed by atoms with Gasteiger partial charge in [-0.15, -0.1) is 0 Å². The van der Waals surface area contributed by atoms with Crippen LogP contribution in [0.25, 0.3) is 0 Å². The van der Waals surface area contributed by atoms with E-state index >= 15 is 0 Å². The largest absolute Gasteiger partial charge is 0.311 e. The molecule has 0 spiro atoms. The van der Waals surface area contributed by atoms with Gasteiger partial charge >= 0.3 is 0 Å². The third kappa shape index (κ3) is 3.93. The minimum absolute atomic E-state index is 0.276. The van der Waals surface area contributed by atoms with Gasteiger partial charge in [-0.1, -0.05) is 11.6 Å². The summed E-state index contributed by atoms with van der Waals surface area (Å²) in [5, 5.41) is 3.45. The van der Waals surface area contributed by atoms with Crippen molar-refractivity contribution in [2.24, 2.45) is 0 Å². The van der Waals surface area contributed by atoms with Crippen molar-refractivity contribution in [2.45, 2.75) is 25.1 Å². The summed E-state index contributed by atoms with van der Waals surface area (Å²) in [7, 11) is -3.14. The molecule has 0 bridgehead atoms. The molecule has 102 valence electrons. The first kappa shape index (κ1) is 15.4. The Labute approximate surface area is 112 Å². The molecule has 0 aliphatic rings. The van der Waals surface area contributed by atoms with Gasteiger partial charge in [0, 0.05) is 24.4 Å². The fourth-order valence-electron chi connectivity index (χ4n) is 1.31. The normalized spacial score (nSPS) is 12.7. The van der Waals surface area contributed by atoms with Crippen LogP contribution in [0.5, 0.6) is 0 Å². The topological polar surface area (TPSA) is 46.2 Å². The quantitative estimate of drug-likeness (QED) is 0.907. The lowest BCUT2D eigenvalue weighted by molar-refractivity contribution is 0.520. The monoisotopic (exact) mass is 293 g/mol. The molecule has 0 amide bonds. The molecular weight excluding hydrogens is 277 g/mol. The van der Waals surface area contributed by atoms with Crippen molar-refractivity contribution in [3.05, 3.63) is 34.6 Å². The van der Waals surface area contributed by atoms with Gasteiger partial charge in [0.2, 0.25) is 0 Å². The molecule has 0 aliphatic carbocycles. The van der Waals surface area contributed by atoms with Crippen LogP contribution in [0.2, 0.25) is 5.02 Å². The highest BCUT2D eigenvalue weighted by Gasteiger charge is 2.29. The lowest BCUT2D eigenvalue weighted by Gasteiger charge is -2.23. The highest BCUT2D eigenvalue weighted by molar-refractivity contribution is 7.92. The molecule has 1 aromatic carbocycles. The summed E-state index contributed by atoms with van der Waals surface area (Å²) in [5.41, 5.74) is 0.612. The molecule has 0 radical (unpaired) electrons. The predicted molar refractivity (Wildman–Crippen MR) is 72.0 cm³/mol. The molecule has 1 N–H and O–H groups in total. The maximum absolute atomic E-state index is 13.0. The molecule has 0 heterocycles. The number of halogens is 2. The molecule has 0 unspecified atom stereocenters. The van der Waals surface area contributed by atoms with Gasteiger partial charge in [0.1, 0.15) is 5.82 Å². The third-order valence-electron chi connectivity index (χ3n) is 2.88. The lowest BCUT2D eigenvalue weighted by atomic mass is 10.2. The first-order chi connectivity index (χ1) is 8.13. The Morgan fingerprint density at radius 2 is 2.00 bits per heavy atom. The average molecular weight is 294 g/mol. The van der Waals surface area contributed by atoms with E-state index < -0.39 is 14.6 Å². The fraction of sp³-hybridized carbons (Fsp3) is 0.500. The maximum Gasteiger partial charge on any atom is 0.153 e. The first-order valence-electron chi connectivity index (χ1n) is 5.48. The smallest absolute Gasteiger partial charge is 0.153 e. The summed E-state index contributed by atoms with van der Waals surface area (Å²) in [6, 6.07) is 4.10. The number of sulfone groups is 1. The van der Waals surface area contributed by atoms with Crippen LogP contribution in [0.15, 0.2) is 18.2 Å². The number of hydrogen-bond acceptors (Lipinski definition) is 3. The van der Waals surface area contributed by atoms with Gasteiger partial charge < -0.3 is 5.32 Å². The first-order valence-corrected chi connectivity index (χ1v) is 7.75. The zero-order valence-electron chi connectivity index (χ0n) is 10.6. The van der Waals surface area contributed by atoms with E-state index in [0.29, 0.717) is 17.1 Å². The van der Waals surface area contributed by atoms with Gasteiger partial charge in [-0.05, 0) is 37.6 Å². The van der Waals surface area contributed by atoms with E-state index in [2.05, 4.69) is 5.32 Å². The van der Waals surface area contributed by atoms with E-state index in [0.717, 1.165) is 0 Å². The van der Waals surface area contributed by atoms with Crippen molar-refractivity contribution in [2.75, 3.05) is 12.8 Å². The van der Waals surface area contributed by atoms with Crippen LogP contribution in [0.3, 0.4) is 0 Å². The van der Waals surface area contributed by atoms with Crippen LogP contribution >= 0.6 is 11.6 Å². The molecule has 18 heavy (non-hydrogen) atoms. The zero-order chi connectivity index (χ0) is 14.0. The van der Waals surface area contributed by atoms with Crippen molar-refractivity contribution in [1.82, 2.24) is 5.32 Å². The number of benzene rings is 1. The molecule has 3 nitrogen and oxygen atoms in total. The molecule has 6 heteroatoms. The highest BCUT2D eigenvalue weighted by Crippen LogP contribution is 2.18. The van der Waals surface area contributed by atoms with E-state index in [1.54, 1.807) is 13.8 Å². The van der Waals surface area contributed by atoms with Gasteiger partial charge in [-0.3, -0.25) is 0 Å². The molecule has 1 rings (SSSR count). The van der Waals surface area contributed by atoms with Gasteiger partial charge in [0.15, 0.2) is 9.84 Å². The van der Waals surface area contributed by atoms with E-state index in [4.69, 9.17) is 11.6 Å². The summed E-state index contributed by atoms with van der Waals surface area (Å²) in [4.78, 5) is 0. The molecule has 0 atom stereocenters. The zero-order valence-corrected chi connectivity index (χ0v) is 12.2. The van der Waals surface area contributed by atoms with Crippen LogP contribution in [-0.2, 0) is 16.4 Å². The maximum atomic E-state index is 13.0. The number of hydrogen-bond donors (Lipinski definition) is 1. The van der Waals surface area contributed by atoms with Crippen molar-refractivity contribution in [3.8, 4) is 0 Å². The summed E-state index contributed by atoms with van der Waals surface area (Å²) in [6.45, 7) is 3.89. The molecule has 0 saturated carbocycles. The molecule has 1 aromatic rings. The Morgan fingerprint density at radius 3 is 2.56 bits per heavy atom. The van der Waals surface area contributed by atoms with E-state index in [9.17, 15) is 12.8 Å². The van der Waals surface area contributed by atoms with Gasteiger partial charge in [-0.2, -0.15) is 0 Å². The highest BCUT2D eigenvalue weighted by atomic mass is 35.5. The van der Waals surface area contributed by atoms with Crippen LogP contribution in [0.4, 0.5) is 4.39 Å². The van der Waals surface area contributed by atoms with E-state index in [-0.39, 0.29) is 12.4 Å². The van der Waals surface area contributed by atoms with Gasteiger partial charge in [0.25, 0.3) is 0 Å². The second kappa shape index (κ2) is 5.55. The molecular formula is C12H17ClFNO2S. The molecule has 0 aromatic heterocycles. The minimum atomic E-state index is -3.14. The molecule has 0 saturated heterocycles. The average Bonchev–Trinajstić information content (AvgIpc) is 2.21. The Bertz CT molecular complexity index is 529. The van der Waals surface area contributed by atoms with Crippen LogP contribution in [-0.4, -0.2) is 26.0 Å². The second-order valence-corrected chi connectivity index (χ2v) is 7.93. The predicted octanol–water partition coefficient (Wildman–Crippen LogP) is 2.39. The van der Waals surface area contributed by atoms with Crippen LogP contribution in [0.1, 0.15) is 19.4 Å². The summed E-state index contributed by atoms with van der Waals surface area (Å²) < 4.78 is 35.1. The van der Waals surface area contributed by atoms with E-state index in [1.165, 1.54) is 24.5 Å². The standard InChI is InChI=1S/C12H17ClFNO2S/c1-12(2,18(3,16)17)8-15-7-9-6-10(14)4-5-11(9)13/h4-6,15H,7-8H2,1-3H3. The van der Waals surface area contributed by atoms with Crippen LogP contribution < -0.4 is 5.32 Å².